The van der Waals surface area contributed by atoms with Gasteiger partial charge in [0.2, 0.25) is 5.91 Å². The topological polar surface area (TPSA) is 113 Å². The lowest BCUT2D eigenvalue weighted by molar-refractivity contribution is -0.384. The number of para-hydroxylation sites is 1. The Hall–Kier alpha value is -2.64. The van der Waals surface area contributed by atoms with Gasteiger partial charge >= 0.3 is 0 Å². The summed E-state index contributed by atoms with van der Waals surface area (Å²) in [4.78, 5) is 33.6. The Labute approximate surface area is 114 Å². The molecular formula is C12H14N4O4. The first kappa shape index (κ1) is 13.8. The summed E-state index contributed by atoms with van der Waals surface area (Å²) in [6.45, 7) is 0.369. The molecule has 1 atom stereocenters. The molecule has 1 aromatic rings. The van der Waals surface area contributed by atoms with E-state index < -0.39 is 10.8 Å². The molecule has 0 spiro atoms. The number of nitro benzene ring substituents is 1. The van der Waals surface area contributed by atoms with E-state index in [9.17, 15) is 19.7 Å². The minimum absolute atomic E-state index is 0.122. The van der Waals surface area contributed by atoms with Crippen molar-refractivity contribution >= 4 is 23.2 Å². The van der Waals surface area contributed by atoms with Crippen molar-refractivity contribution in [2.45, 2.75) is 12.5 Å². The van der Waals surface area contributed by atoms with Crippen molar-refractivity contribution < 1.29 is 14.5 Å². The number of hydrogen-bond acceptors (Lipinski definition) is 5. The maximum atomic E-state index is 12.1. The van der Waals surface area contributed by atoms with Crippen LogP contribution in [-0.2, 0) is 4.79 Å². The summed E-state index contributed by atoms with van der Waals surface area (Å²) in [5.41, 5.74) is 0.175. The van der Waals surface area contributed by atoms with Crippen LogP contribution in [-0.4, -0.2) is 36.4 Å². The minimum atomic E-state index is -0.552. The van der Waals surface area contributed by atoms with Crippen molar-refractivity contribution in [2.75, 3.05) is 18.9 Å². The number of amides is 2. The van der Waals surface area contributed by atoms with Gasteiger partial charge < -0.3 is 16.0 Å². The first-order valence-electron chi connectivity index (χ1n) is 6.05. The van der Waals surface area contributed by atoms with E-state index in [1.165, 1.54) is 25.2 Å². The third-order valence-corrected chi connectivity index (χ3v) is 3.05. The monoisotopic (exact) mass is 278 g/mol. The van der Waals surface area contributed by atoms with Crippen LogP contribution in [0, 0.1) is 10.1 Å². The molecule has 1 unspecified atom stereocenters. The zero-order valence-corrected chi connectivity index (χ0v) is 10.8. The van der Waals surface area contributed by atoms with Gasteiger partial charge in [-0.3, -0.25) is 19.7 Å². The standard InChI is InChI=1S/C12H14N4O4/c1-13-11-8(3-2-4-9(11)16(19)20)12(18)15-7-5-10(17)14-6-7/h2-4,7,13H,5-6H2,1H3,(H,14,17)(H,15,18). The number of nitro groups is 1. The second-order valence-electron chi connectivity index (χ2n) is 4.39. The third-order valence-electron chi connectivity index (χ3n) is 3.05. The highest BCUT2D eigenvalue weighted by atomic mass is 16.6. The molecule has 0 aliphatic carbocycles. The Bertz CT molecular complexity index is 573. The van der Waals surface area contributed by atoms with Crippen molar-refractivity contribution in [3.05, 3.63) is 33.9 Å². The first-order chi connectivity index (χ1) is 9.52. The van der Waals surface area contributed by atoms with Gasteiger partial charge in [0.15, 0.2) is 0 Å². The Morgan fingerprint density at radius 2 is 2.25 bits per heavy atom. The maximum absolute atomic E-state index is 12.1. The molecule has 20 heavy (non-hydrogen) atoms. The molecule has 1 heterocycles. The summed E-state index contributed by atoms with van der Waals surface area (Å²) < 4.78 is 0. The van der Waals surface area contributed by atoms with Gasteiger partial charge in [-0.1, -0.05) is 6.07 Å². The summed E-state index contributed by atoms with van der Waals surface area (Å²) >= 11 is 0. The molecule has 1 aromatic carbocycles. The fourth-order valence-electron chi connectivity index (χ4n) is 2.11. The lowest BCUT2D eigenvalue weighted by Crippen LogP contribution is -2.36. The molecule has 8 nitrogen and oxygen atoms in total. The minimum Gasteiger partial charge on any atom is -0.382 e. The van der Waals surface area contributed by atoms with Gasteiger partial charge in [-0.25, -0.2) is 0 Å². The van der Waals surface area contributed by atoms with Crippen LogP contribution in [0.15, 0.2) is 18.2 Å². The van der Waals surface area contributed by atoms with E-state index in [0.29, 0.717) is 6.54 Å². The predicted molar refractivity (Wildman–Crippen MR) is 71.5 cm³/mol. The molecule has 0 saturated carbocycles. The van der Waals surface area contributed by atoms with Crippen molar-refractivity contribution in [3.63, 3.8) is 0 Å². The highest BCUT2D eigenvalue weighted by Crippen LogP contribution is 2.27. The van der Waals surface area contributed by atoms with E-state index in [1.807, 2.05) is 0 Å². The molecular weight excluding hydrogens is 264 g/mol. The van der Waals surface area contributed by atoms with Gasteiger partial charge in [-0.05, 0) is 6.07 Å². The molecule has 0 bridgehead atoms. The van der Waals surface area contributed by atoms with E-state index in [1.54, 1.807) is 0 Å². The molecule has 0 aromatic heterocycles. The molecule has 0 radical (unpaired) electrons. The van der Waals surface area contributed by atoms with Crippen LogP contribution >= 0.6 is 0 Å². The third kappa shape index (κ3) is 2.68. The summed E-state index contributed by atoms with van der Waals surface area (Å²) in [5, 5.41) is 18.9. The highest BCUT2D eigenvalue weighted by molar-refractivity contribution is 6.02. The van der Waals surface area contributed by atoms with E-state index in [2.05, 4.69) is 16.0 Å². The Balaban J connectivity index is 2.23. The van der Waals surface area contributed by atoms with Gasteiger partial charge in [-0.2, -0.15) is 0 Å². The number of hydrogen-bond donors (Lipinski definition) is 3. The molecule has 1 aliphatic rings. The smallest absolute Gasteiger partial charge is 0.293 e. The molecule has 2 rings (SSSR count). The summed E-state index contributed by atoms with van der Waals surface area (Å²) in [7, 11) is 1.51. The van der Waals surface area contributed by atoms with Gasteiger partial charge in [-0.15, -0.1) is 0 Å². The van der Waals surface area contributed by atoms with Crippen LogP contribution in [0.2, 0.25) is 0 Å². The normalized spacial score (nSPS) is 17.4. The Morgan fingerprint density at radius 1 is 1.50 bits per heavy atom. The average Bonchev–Trinajstić information content (AvgIpc) is 2.82. The van der Waals surface area contributed by atoms with Crippen LogP contribution in [0.3, 0.4) is 0 Å². The average molecular weight is 278 g/mol. The SMILES string of the molecule is CNc1c(C(=O)NC2CNC(=O)C2)cccc1[N+](=O)[O-]. The van der Waals surface area contributed by atoms with Crippen LogP contribution in [0.25, 0.3) is 0 Å². The van der Waals surface area contributed by atoms with E-state index in [0.717, 1.165) is 0 Å². The lowest BCUT2D eigenvalue weighted by atomic mass is 10.1. The molecule has 1 fully saturated rings. The quantitative estimate of drug-likeness (QED) is 0.540. The zero-order chi connectivity index (χ0) is 14.7. The number of anilines is 1. The number of nitrogens with one attached hydrogen (secondary N) is 3. The Kier molecular flexibility index (Phi) is 3.83. The zero-order valence-electron chi connectivity index (χ0n) is 10.8. The van der Waals surface area contributed by atoms with Crippen LogP contribution in [0.5, 0.6) is 0 Å². The number of benzene rings is 1. The summed E-state index contributed by atoms with van der Waals surface area (Å²) in [6.07, 6.45) is 0.218. The van der Waals surface area contributed by atoms with E-state index in [4.69, 9.17) is 0 Å². The number of rotatable bonds is 4. The van der Waals surface area contributed by atoms with Crippen molar-refractivity contribution in [1.82, 2.24) is 10.6 Å². The molecule has 2 amide bonds. The number of carbonyl (C=O) groups excluding carboxylic acids is 2. The molecule has 1 saturated heterocycles. The van der Waals surface area contributed by atoms with E-state index in [-0.39, 0.29) is 35.3 Å². The van der Waals surface area contributed by atoms with Gasteiger partial charge in [0.25, 0.3) is 11.6 Å². The maximum Gasteiger partial charge on any atom is 0.293 e. The summed E-state index contributed by atoms with van der Waals surface area (Å²) in [5.74, 6) is -0.567. The number of nitrogens with zero attached hydrogens (tertiary/aromatic N) is 1. The second-order valence-corrected chi connectivity index (χ2v) is 4.39. The van der Waals surface area contributed by atoms with Crippen LogP contribution in [0.1, 0.15) is 16.8 Å². The van der Waals surface area contributed by atoms with Crippen LogP contribution < -0.4 is 16.0 Å². The molecule has 106 valence electrons. The van der Waals surface area contributed by atoms with Gasteiger partial charge in [0, 0.05) is 26.1 Å². The molecule has 1 aliphatic heterocycles. The van der Waals surface area contributed by atoms with Gasteiger partial charge in [0.1, 0.15) is 5.69 Å². The predicted octanol–water partition coefficient (Wildman–Crippen LogP) is 0.255. The van der Waals surface area contributed by atoms with Crippen molar-refractivity contribution in [2.24, 2.45) is 0 Å². The Morgan fingerprint density at radius 3 is 2.80 bits per heavy atom. The molecule has 8 heteroatoms. The van der Waals surface area contributed by atoms with E-state index >= 15 is 0 Å². The van der Waals surface area contributed by atoms with Crippen molar-refractivity contribution in [3.8, 4) is 0 Å². The fourth-order valence-corrected chi connectivity index (χ4v) is 2.11. The first-order valence-corrected chi connectivity index (χ1v) is 6.05. The van der Waals surface area contributed by atoms with Gasteiger partial charge in [0.05, 0.1) is 16.5 Å². The number of carbonyl (C=O) groups is 2. The second kappa shape index (κ2) is 5.55. The highest BCUT2D eigenvalue weighted by Gasteiger charge is 2.26. The largest absolute Gasteiger partial charge is 0.382 e. The lowest BCUT2D eigenvalue weighted by Gasteiger charge is -2.13. The van der Waals surface area contributed by atoms with Crippen LogP contribution in [0.4, 0.5) is 11.4 Å². The van der Waals surface area contributed by atoms with Crippen molar-refractivity contribution in [1.29, 1.82) is 0 Å². The summed E-state index contributed by atoms with van der Waals surface area (Å²) in [6, 6.07) is 3.98. The fraction of sp³-hybridized carbons (Fsp3) is 0.333. The molecule has 3 N–H and O–H groups in total.